The zero-order valence-electron chi connectivity index (χ0n) is 19.9. The molecule has 1 heterocycles. The van der Waals surface area contributed by atoms with Crippen LogP contribution < -0.4 is 5.32 Å². The van der Waals surface area contributed by atoms with Crippen molar-refractivity contribution in [3.05, 3.63) is 12.7 Å². The number of carbonyl (C=O) groups excluding carboxylic acids is 1. The third-order valence-corrected chi connectivity index (χ3v) is 6.42. The van der Waals surface area contributed by atoms with E-state index in [2.05, 4.69) is 18.8 Å². The fourth-order valence-electron chi connectivity index (χ4n) is 4.46. The van der Waals surface area contributed by atoms with Crippen molar-refractivity contribution in [1.82, 2.24) is 10.2 Å². The summed E-state index contributed by atoms with van der Waals surface area (Å²) in [4.78, 5) is 14.2. The average molecular weight is 423 g/mol. The summed E-state index contributed by atoms with van der Waals surface area (Å²) in [6.07, 6.45) is 24.0. The van der Waals surface area contributed by atoms with Crippen LogP contribution in [0.2, 0.25) is 0 Å². The molecular formula is C26H50N2O2. The number of hydrogen-bond donors (Lipinski definition) is 2. The minimum absolute atomic E-state index is 0.203. The van der Waals surface area contributed by atoms with Gasteiger partial charge in [-0.1, -0.05) is 116 Å². The Morgan fingerprint density at radius 3 is 1.77 bits per heavy atom. The Labute approximate surface area is 186 Å². The van der Waals surface area contributed by atoms with Crippen LogP contribution in [0.1, 0.15) is 122 Å². The molecule has 4 heteroatoms. The van der Waals surface area contributed by atoms with Crippen LogP contribution in [0.5, 0.6) is 0 Å². The van der Waals surface area contributed by atoms with E-state index in [0.717, 1.165) is 19.4 Å². The Balaban J connectivity index is 1.83. The molecule has 0 spiro atoms. The van der Waals surface area contributed by atoms with Crippen LogP contribution in [0, 0.1) is 0 Å². The highest BCUT2D eigenvalue weighted by Gasteiger charge is 2.32. The second-order valence-electron chi connectivity index (χ2n) is 9.12. The summed E-state index contributed by atoms with van der Waals surface area (Å²) in [6.45, 7) is 7.35. The first-order valence-electron chi connectivity index (χ1n) is 13.0. The summed E-state index contributed by atoms with van der Waals surface area (Å²) >= 11 is 0. The first kappa shape index (κ1) is 27.3. The maximum Gasteiger partial charge on any atom is 0.164 e. The summed E-state index contributed by atoms with van der Waals surface area (Å²) in [7, 11) is 0. The van der Waals surface area contributed by atoms with E-state index < -0.39 is 6.23 Å². The first-order valence-corrected chi connectivity index (χ1v) is 13.0. The van der Waals surface area contributed by atoms with Gasteiger partial charge in [-0.25, -0.2) is 0 Å². The zero-order valence-corrected chi connectivity index (χ0v) is 19.9. The van der Waals surface area contributed by atoms with Crippen molar-refractivity contribution in [3.63, 3.8) is 0 Å². The van der Waals surface area contributed by atoms with E-state index in [0.29, 0.717) is 13.0 Å². The van der Waals surface area contributed by atoms with Crippen LogP contribution in [0.15, 0.2) is 12.7 Å². The first-order chi connectivity index (χ1) is 14.7. The molecular weight excluding hydrogens is 372 g/mol. The number of rotatable bonds is 21. The molecule has 0 bridgehead atoms. The lowest BCUT2D eigenvalue weighted by Crippen LogP contribution is -2.47. The molecule has 30 heavy (non-hydrogen) atoms. The molecule has 0 aromatic carbocycles. The van der Waals surface area contributed by atoms with Gasteiger partial charge in [0.1, 0.15) is 12.4 Å². The molecule has 2 unspecified atom stereocenters. The van der Waals surface area contributed by atoms with E-state index in [9.17, 15) is 9.90 Å². The maximum atomic E-state index is 12.4. The number of unbranched alkanes of at least 4 members (excludes halogenated alkanes) is 16. The van der Waals surface area contributed by atoms with E-state index in [4.69, 9.17) is 0 Å². The molecule has 1 fully saturated rings. The van der Waals surface area contributed by atoms with Crippen molar-refractivity contribution < 1.29 is 9.90 Å². The molecule has 4 nitrogen and oxygen atoms in total. The molecule has 0 radical (unpaired) electrons. The van der Waals surface area contributed by atoms with Gasteiger partial charge in [0.15, 0.2) is 5.78 Å². The predicted molar refractivity (Wildman–Crippen MR) is 128 cm³/mol. The van der Waals surface area contributed by atoms with Gasteiger partial charge in [-0.3, -0.25) is 15.0 Å². The average Bonchev–Trinajstić information content (AvgIpc) is 3.25. The molecule has 1 rings (SSSR count). The monoisotopic (exact) mass is 422 g/mol. The van der Waals surface area contributed by atoms with Gasteiger partial charge in [-0.05, 0) is 12.5 Å². The number of aliphatic hydroxyl groups is 1. The van der Waals surface area contributed by atoms with Gasteiger partial charge in [-0.2, -0.15) is 0 Å². The third-order valence-electron chi connectivity index (χ3n) is 6.42. The molecule has 0 saturated carbocycles. The van der Waals surface area contributed by atoms with Crippen molar-refractivity contribution >= 4 is 5.78 Å². The third kappa shape index (κ3) is 12.9. The van der Waals surface area contributed by atoms with E-state index >= 15 is 0 Å². The molecule has 0 aromatic heterocycles. The van der Waals surface area contributed by atoms with Gasteiger partial charge >= 0.3 is 0 Å². The predicted octanol–water partition coefficient (Wildman–Crippen LogP) is 6.33. The summed E-state index contributed by atoms with van der Waals surface area (Å²) in [5.74, 6) is 0.203. The Kier molecular flexibility index (Phi) is 17.3. The van der Waals surface area contributed by atoms with Crippen molar-refractivity contribution in [2.75, 3.05) is 13.1 Å². The number of ketones is 1. The summed E-state index contributed by atoms with van der Waals surface area (Å²) in [5, 5.41) is 13.1. The quantitative estimate of drug-likeness (QED) is 0.167. The molecule has 1 aliphatic rings. The lowest BCUT2D eigenvalue weighted by atomic mass is 10.0. The van der Waals surface area contributed by atoms with Crippen LogP contribution in [0.3, 0.4) is 0 Å². The number of Topliss-reactive ketones (excluding diaryl/α,β-unsaturated/α-hetero) is 1. The van der Waals surface area contributed by atoms with E-state index in [-0.39, 0.29) is 11.9 Å². The Hall–Kier alpha value is -0.710. The number of carbonyl (C=O) groups is 1. The van der Waals surface area contributed by atoms with E-state index in [1.54, 1.807) is 4.90 Å². The minimum Gasteiger partial charge on any atom is -0.375 e. The summed E-state index contributed by atoms with van der Waals surface area (Å²) in [6, 6.07) is 0. The highest BCUT2D eigenvalue weighted by Crippen LogP contribution is 2.16. The number of nitrogens with one attached hydrogen (secondary N) is 1. The smallest absolute Gasteiger partial charge is 0.164 e. The van der Waals surface area contributed by atoms with E-state index in [1.165, 1.54) is 102 Å². The maximum absolute atomic E-state index is 12.4. The summed E-state index contributed by atoms with van der Waals surface area (Å²) in [5.41, 5.74) is 0. The van der Waals surface area contributed by atoms with Gasteiger partial charge in [-0.15, -0.1) is 0 Å². The molecule has 1 saturated heterocycles. The Morgan fingerprint density at radius 1 is 0.900 bits per heavy atom. The topological polar surface area (TPSA) is 52.6 Å². The Bertz CT molecular complexity index is 427. The van der Waals surface area contributed by atoms with Crippen LogP contribution in [-0.4, -0.2) is 41.3 Å². The van der Waals surface area contributed by atoms with Crippen molar-refractivity contribution in [3.8, 4) is 0 Å². The number of hydrogen-bond acceptors (Lipinski definition) is 4. The fourth-order valence-corrected chi connectivity index (χ4v) is 4.46. The van der Waals surface area contributed by atoms with Crippen molar-refractivity contribution in [2.45, 2.75) is 135 Å². The zero-order chi connectivity index (χ0) is 21.9. The van der Waals surface area contributed by atoms with Crippen LogP contribution in [0.4, 0.5) is 0 Å². The summed E-state index contributed by atoms with van der Waals surface area (Å²) < 4.78 is 0. The van der Waals surface area contributed by atoms with Gasteiger partial charge < -0.3 is 5.11 Å². The van der Waals surface area contributed by atoms with Crippen LogP contribution in [-0.2, 0) is 4.79 Å². The molecule has 1 aliphatic heterocycles. The SMILES string of the molecule is C=CC(O)N1CCNC1C(=O)CCCCCCCCCCCCCCCCCCC. The molecule has 176 valence electrons. The fraction of sp³-hybridized carbons (Fsp3) is 0.885. The normalized spacial score (nSPS) is 18.0. The number of aliphatic hydroxyl groups excluding tert-OH is 1. The van der Waals surface area contributed by atoms with Crippen LogP contribution >= 0.6 is 0 Å². The standard InChI is InChI=1S/C26H50N2O2/c1-3-5-6-7-8-9-10-11-12-13-14-15-16-17-18-19-20-21-24(29)26-27-22-23-28(26)25(30)4-2/h4,25-27,30H,2-3,5-23H2,1H3. The Morgan fingerprint density at radius 2 is 1.33 bits per heavy atom. The highest BCUT2D eigenvalue weighted by molar-refractivity contribution is 5.83. The lowest BCUT2D eigenvalue weighted by molar-refractivity contribution is -0.127. The largest absolute Gasteiger partial charge is 0.375 e. The van der Waals surface area contributed by atoms with Gasteiger partial charge in [0, 0.05) is 19.5 Å². The molecule has 0 aromatic rings. The van der Waals surface area contributed by atoms with Crippen molar-refractivity contribution in [2.24, 2.45) is 0 Å². The van der Waals surface area contributed by atoms with Crippen LogP contribution in [0.25, 0.3) is 0 Å². The number of nitrogens with zero attached hydrogens (tertiary/aromatic N) is 1. The van der Waals surface area contributed by atoms with Gasteiger partial charge in [0.05, 0.1) is 0 Å². The molecule has 0 amide bonds. The molecule has 0 aliphatic carbocycles. The lowest BCUT2D eigenvalue weighted by Gasteiger charge is -2.25. The van der Waals surface area contributed by atoms with E-state index in [1.807, 2.05) is 0 Å². The molecule has 2 N–H and O–H groups in total. The second kappa shape index (κ2) is 19.0. The highest BCUT2D eigenvalue weighted by atomic mass is 16.3. The van der Waals surface area contributed by atoms with Gasteiger partial charge in [0.25, 0.3) is 0 Å². The van der Waals surface area contributed by atoms with Gasteiger partial charge in [0.2, 0.25) is 0 Å². The minimum atomic E-state index is -0.732. The molecule has 2 atom stereocenters. The second-order valence-corrected chi connectivity index (χ2v) is 9.12. The van der Waals surface area contributed by atoms with Crippen molar-refractivity contribution in [1.29, 1.82) is 0 Å².